The van der Waals surface area contributed by atoms with Crippen LogP contribution in [0.5, 0.6) is 0 Å². The maximum Gasteiger partial charge on any atom is 0.262 e. The Balaban J connectivity index is 2.00. The zero-order valence-electron chi connectivity index (χ0n) is 10.9. The molecular weight excluding hydrogens is 276 g/mol. The third-order valence-corrected chi connectivity index (χ3v) is 3.64. The Kier molecular flexibility index (Phi) is 2.68. The minimum Gasteiger partial charge on any atom is -0.397 e. The van der Waals surface area contributed by atoms with Gasteiger partial charge >= 0.3 is 0 Å². The number of fused-ring (bicyclic) bond motifs is 1. The van der Waals surface area contributed by atoms with Gasteiger partial charge in [0, 0.05) is 6.42 Å². The number of hydrogen-bond acceptors (Lipinski definition) is 6. The van der Waals surface area contributed by atoms with E-state index >= 15 is 0 Å². The third-order valence-electron chi connectivity index (χ3n) is 3.64. The predicted molar refractivity (Wildman–Crippen MR) is 71.9 cm³/mol. The van der Waals surface area contributed by atoms with Crippen LogP contribution in [0.15, 0.2) is 12.1 Å². The van der Waals surface area contributed by atoms with E-state index in [2.05, 4.69) is 5.32 Å². The maximum atomic E-state index is 12.3. The van der Waals surface area contributed by atoms with Gasteiger partial charge in [0.15, 0.2) is 0 Å². The lowest BCUT2D eigenvalue weighted by Gasteiger charge is -2.27. The molecule has 2 aliphatic rings. The number of amides is 4. The smallest absolute Gasteiger partial charge is 0.262 e. The van der Waals surface area contributed by atoms with E-state index in [4.69, 9.17) is 11.5 Å². The second-order valence-corrected chi connectivity index (χ2v) is 4.97. The van der Waals surface area contributed by atoms with Gasteiger partial charge in [-0.3, -0.25) is 29.4 Å². The van der Waals surface area contributed by atoms with Gasteiger partial charge in [-0.05, 0) is 18.6 Å². The standard InChI is InChI=1S/C13H12N4O4/c14-7-3-5-6(4-8(7)15)13(21)17(12(5)20)9-1-2-10(18)16-11(9)19/h3-4,9H,1-2,14-15H2,(H,16,18,19). The number of anilines is 2. The van der Waals surface area contributed by atoms with Crippen molar-refractivity contribution < 1.29 is 19.2 Å². The predicted octanol–water partition coefficient (Wildman–Crippen LogP) is -0.748. The Bertz CT molecular complexity index is 671. The normalized spacial score (nSPS) is 21.5. The number of benzene rings is 1. The summed E-state index contributed by atoms with van der Waals surface area (Å²) in [6.07, 6.45) is 0.190. The van der Waals surface area contributed by atoms with Crippen LogP contribution in [0.25, 0.3) is 0 Å². The van der Waals surface area contributed by atoms with Gasteiger partial charge in [0.1, 0.15) is 6.04 Å². The average molecular weight is 288 g/mol. The number of carbonyl (C=O) groups is 4. The highest BCUT2D eigenvalue weighted by atomic mass is 16.2. The van der Waals surface area contributed by atoms with Crippen molar-refractivity contribution in [2.45, 2.75) is 18.9 Å². The molecule has 8 nitrogen and oxygen atoms in total. The van der Waals surface area contributed by atoms with Crippen LogP contribution < -0.4 is 16.8 Å². The fourth-order valence-corrected chi connectivity index (χ4v) is 2.55. The van der Waals surface area contributed by atoms with E-state index in [1.165, 1.54) is 12.1 Å². The maximum absolute atomic E-state index is 12.3. The zero-order chi connectivity index (χ0) is 15.3. The van der Waals surface area contributed by atoms with Crippen molar-refractivity contribution in [3.63, 3.8) is 0 Å². The number of nitrogens with one attached hydrogen (secondary N) is 1. The van der Waals surface area contributed by atoms with Crippen LogP contribution in [0.2, 0.25) is 0 Å². The molecule has 108 valence electrons. The first-order valence-corrected chi connectivity index (χ1v) is 6.30. The van der Waals surface area contributed by atoms with Gasteiger partial charge in [0.05, 0.1) is 22.5 Å². The van der Waals surface area contributed by atoms with Crippen molar-refractivity contribution in [1.82, 2.24) is 10.2 Å². The minimum atomic E-state index is -0.988. The molecule has 0 spiro atoms. The average Bonchev–Trinajstić information content (AvgIpc) is 2.64. The molecule has 1 aromatic carbocycles. The van der Waals surface area contributed by atoms with Crippen LogP contribution in [0.4, 0.5) is 11.4 Å². The first-order chi connectivity index (χ1) is 9.90. The Labute approximate surface area is 119 Å². The summed E-state index contributed by atoms with van der Waals surface area (Å²) in [6, 6.07) is 1.67. The molecule has 0 aromatic heterocycles. The first-order valence-electron chi connectivity index (χ1n) is 6.30. The first kappa shape index (κ1) is 13.1. The molecule has 0 aliphatic carbocycles. The molecule has 8 heteroatoms. The van der Waals surface area contributed by atoms with Gasteiger partial charge in [0.2, 0.25) is 11.8 Å². The summed E-state index contributed by atoms with van der Waals surface area (Å²) in [5.74, 6) is -2.27. The summed E-state index contributed by atoms with van der Waals surface area (Å²) in [7, 11) is 0. The highest BCUT2D eigenvalue weighted by molar-refractivity contribution is 6.24. The molecule has 1 atom stereocenters. The molecule has 21 heavy (non-hydrogen) atoms. The summed E-state index contributed by atoms with van der Waals surface area (Å²) < 4.78 is 0. The SMILES string of the molecule is Nc1cc2c(cc1N)C(=O)N(C1CCC(=O)NC1=O)C2=O. The molecule has 4 amide bonds. The van der Waals surface area contributed by atoms with Gasteiger partial charge < -0.3 is 11.5 Å². The Morgan fingerprint density at radius 3 is 2.00 bits per heavy atom. The third kappa shape index (κ3) is 1.83. The Hall–Kier alpha value is -2.90. The number of hydrogen-bond donors (Lipinski definition) is 3. The molecule has 2 heterocycles. The molecule has 3 rings (SSSR count). The quantitative estimate of drug-likeness (QED) is 0.459. The van der Waals surface area contributed by atoms with Crippen LogP contribution in [0.1, 0.15) is 33.6 Å². The number of nitrogens with two attached hydrogens (primary N) is 2. The topological polar surface area (TPSA) is 136 Å². The second kappa shape index (κ2) is 4.30. The summed E-state index contributed by atoms with van der Waals surface area (Å²) in [5, 5.41) is 2.12. The molecule has 1 aromatic rings. The van der Waals surface area contributed by atoms with Crippen molar-refractivity contribution in [3.05, 3.63) is 23.3 Å². The van der Waals surface area contributed by atoms with E-state index in [-0.39, 0.29) is 35.3 Å². The largest absolute Gasteiger partial charge is 0.397 e. The summed E-state index contributed by atoms with van der Waals surface area (Å²) in [5.41, 5.74) is 11.9. The number of nitrogens with zero attached hydrogens (tertiary/aromatic N) is 1. The Morgan fingerprint density at radius 2 is 1.52 bits per heavy atom. The second-order valence-electron chi connectivity index (χ2n) is 4.97. The minimum absolute atomic E-state index is 0.0775. The van der Waals surface area contributed by atoms with E-state index in [1.807, 2.05) is 0 Å². The highest BCUT2D eigenvalue weighted by Gasteiger charge is 2.44. The molecule has 0 bridgehead atoms. The van der Waals surface area contributed by atoms with Crippen molar-refractivity contribution >= 4 is 35.0 Å². The van der Waals surface area contributed by atoms with Gasteiger partial charge in [0.25, 0.3) is 11.8 Å². The van der Waals surface area contributed by atoms with Crippen LogP contribution >= 0.6 is 0 Å². The van der Waals surface area contributed by atoms with Crippen LogP contribution in [-0.2, 0) is 9.59 Å². The summed E-state index contributed by atoms with van der Waals surface area (Å²) in [6.45, 7) is 0. The number of piperidine rings is 1. The molecule has 1 unspecified atom stereocenters. The van der Waals surface area contributed by atoms with Gasteiger partial charge in [-0.25, -0.2) is 0 Å². The van der Waals surface area contributed by atoms with Crippen LogP contribution in [0.3, 0.4) is 0 Å². The van der Waals surface area contributed by atoms with Gasteiger partial charge in [-0.2, -0.15) is 0 Å². The molecule has 1 saturated heterocycles. The molecule has 0 radical (unpaired) electrons. The van der Waals surface area contributed by atoms with E-state index in [9.17, 15) is 19.2 Å². The molecule has 2 aliphatic heterocycles. The van der Waals surface area contributed by atoms with E-state index in [1.54, 1.807) is 0 Å². The highest BCUT2D eigenvalue weighted by Crippen LogP contribution is 2.31. The van der Waals surface area contributed by atoms with Crippen molar-refractivity contribution in [3.8, 4) is 0 Å². The molecule has 1 fully saturated rings. The number of rotatable bonds is 1. The Morgan fingerprint density at radius 1 is 1.00 bits per heavy atom. The van der Waals surface area contributed by atoms with E-state index in [0.717, 1.165) is 4.90 Å². The number of carbonyl (C=O) groups excluding carboxylic acids is 4. The number of nitrogen functional groups attached to an aromatic ring is 2. The van der Waals surface area contributed by atoms with Crippen LogP contribution in [0, 0.1) is 0 Å². The van der Waals surface area contributed by atoms with Crippen LogP contribution in [-0.4, -0.2) is 34.6 Å². The molecule has 5 N–H and O–H groups in total. The monoisotopic (exact) mass is 288 g/mol. The zero-order valence-corrected chi connectivity index (χ0v) is 10.9. The summed E-state index contributed by atoms with van der Waals surface area (Å²) >= 11 is 0. The van der Waals surface area contributed by atoms with Crippen molar-refractivity contribution in [1.29, 1.82) is 0 Å². The number of imide groups is 2. The van der Waals surface area contributed by atoms with Crippen molar-refractivity contribution in [2.24, 2.45) is 0 Å². The lowest BCUT2D eigenvalue weighted by Crippen LogP contribution is -2.54. The summed E-state index contributed by atoms with van der Waals surface area (Å²) in [4.78, 5) is 48.5. The molecule has 0 saturated carbocycles. The fourth-order valence-electron chi connectivity index (χ4n) is 2.55. The lowest BCUT2D eigenvalue weighted by molar-refractivity contribution is -0.136. The van der Waals surface area contributed by atoms with Gasteiger partial charge in [-0.15, -0.1) is 0 Å². The fraction of sp³-hybridized carbons (Fsp3) is 0.231. The van der Waals surface area contributed by atoms with E-state index in [0.29, 0.717) is 0 Å². The molecular formula is C13H12N4O4. The van der Waals surface area contributed by atoms with E-state index < -0.39 is 29.7 Å². The van der Waals surface area contributed by atoms with Crippen molar-refractivity contribution in [2.75, 3.05) is 11.5 Å². The van der Waals surface area contributed by atoms with Gasteiger partial charge in [-0.1, -0.05) is 0 Å². The lowest BCUT2D eigenvalue weighted by atomic mass is 10.0.